The van der Waals surface area contributed by atoms with Crippen molar-refractivity contribution in [2.45, 2.75) is 33.1 Å². The topological polar surface area (TPSA) is 22.1 Å². The van der Waals surface area contributed by atoms with Crippen LogP contribution in [0.2, 0.25) is 5.02 Å². The summed E-state index contributed by atoms with van der Waals surface area (Å²) in [5.74, 6) is -0.0558. The second-order valence-electron chi connectivity index (χ2n) is 4.79. The number of hydrogen-bond donors (Lipinski definition) is 0. The van der Waals surface area contributed by atoms with E-state index >= 15 is 0 Å². The fourth-order valence-electron chi connectivity index (χ4n) is 1.87. The van der Waals surface area contributed by atoms with E-state index in [1.165, 1.54) is 12.1 Å². The monoisotopic (exact) mass is 303 g/mol. The predicted molar refractivity (Wildman–Crippen MR) is 72.3 cm³/mol. The van der Waals surface area contributed by atoms with Crippen LogP contribution in [0.5, 0.6) is 5.88 Å². The first-order valence-corrected chi connectivity index (χ1v) is 6.41. The Hall–Kier alpha value is -1.49. The van der Waals surface area contributed by atoms with Gasteiger partial charge in [0.15, 0.2) is 0 Å². The zero-order valence-electron chi connectivity index (χ0n) is 11.2. The number of aryl methyl sites for hydroxylation is 1. The van der Waals surface area contributed by atoms with Crippen molar-refractivity contribution in [2.24, 2.45) is 0 Å². The van der Waals surface area contributed by atoms with Gasteiger partial charge in [0.1, 0.15) is 0 Å². The first kappa shape index (κ1) is 14.9. The first-order valence-electron chi connectivity index (χ1n) is 6.03. The van der Waals surface area contributed by atoms with Gasteiger partial charge in [-0.3, -0.25) is 0 Å². The highest BCUT2D eigenvalue weighted by Gasteiger charge is 2.34. The van der Waals surface area contributed by atoms with Crippen molar-refractivity contribution in [3.8, 4) is 5.88 Å². The molecule has 0 atom stereocenters. The third-order valence-electron chi connectivity index (χ3n) is 2.73. The summed E-state index contributed by atoms with van der Waals surface area (Å²) in [4.78, 5) is 4.08. The van der Waals surface area contributed by atoms with Crippen LogP contribution in [-0.2, 0) is 6.18 Å². The Labute approximate surface area is 119 Å². The fraction of sp³-hybridized carbons (Fsp3) is 0.357. The quantitative estimate of drug-likeness (QED) is 0.778. The van der Waals surface area contributed by atoms with E-state index < -0.39 is 11.7 Å². The smallest absolute Gasteiger partial charge is 0.417 e. The van der Waals surface area contributed by atoms with Crippen molar-refractivity contribution in [1.29, 1.82) is 0 Å². The lowest BCUT2D eigenvalue weighted by Crippen LogP contribution is -2.11. The van der Waals surface area contributed by atoms with Crippen molar-refractivity contribution in [3.05, 3.63) is 34.3 Å². The average Bonchev–Trinajstić information content (AvgIpc) is 2.28. The Bertz CT molecular complexity index is 653. The molecule has 20 heavy (non-hydrogen) atoms. The minimum Gasteiger partial charge on any atom is -0.475 e. The fourth-order valence-corrected chi connectivity index (χ4v) is 2.03. The number of aromatic nitrogens is 1. The minimum absolute atomic E-state index is 0.0236. The molecule has 108 valence electrons. The van der Waals surface area contributed by atoms with Gasteiger partial charge in [-0.05, 0) is 38.5 Å². The first-order chi connectivity index (χ1) is 9.18. The molecule has 1 heterocycles. The number of benzene rings is 1. The summed E-state index contributed by atoms with van der Waals surface area (Å²) in [6.07, 6.45) is -4.74. The van der Waals surface area contributed by atoms with Gasteiger partial charge in [-0.15, -0.1) is 0 Å². The molecule has 0 saturated heterocycles. The standard InChI is InChI=1S/C14H13ClF3NO/c1-7(2)20-13-5-10(14(16,17)18)9-4-8(3)11(15)6-12(9)19-13/h4-7H,1-3H3. The van der Waals surface area contributed by atoms with Crippen LogP contribution in [0.4, 0.5) is 13.2 Å². The molecule has 1 aromatic carbocycles. The zero-order chi connectivity index (χ0) is 15.1. The third kappa shape index (κ3) is 2.98. The Morgan fingerprint density at radius 1 is 1.20 bits per heavy atom. The molecule has 0 N–H and O–H groups in total. The van der Waals surface area contributed by atoms with Crippen LogP contribution in [0.3, 0.4) is 0 Å². The van der Waals surface area contributed by atoms with E-state index in [1.807, 2.05) is 0 Å². The Kier molecular flexibility index (Phi) is 3.82. The molecule has 2 rings (SSSR count). The normalized spacial score (nSPS) is 12.2. The van der Waals surface area contributed by atoms with Crippen molar-refractivity contribution in [3.63, 3.8) is 0 Å². The number of halogens is 4. The summed E-state index contributed by atoms with van der Waals surface area (Å²) in [6, 6.07) is 3.75. The molecule has 0 amide bonds. The molecule has 0 fully saturated rings. The van der Waals surface area contributed by atoms with Gasteiger partial charge in [0.05, 0.1) is 17.2 Å². The molecule has 0 radical (unpaired) electrons. The lowest BCUT2D eigenvalue weighted by atomic mass is 10.1. The largest absolute Gasteiger partial charge is 0.475 e. The highest BCUT2D eigenvalue weighted by molar-refractivity contribution is 6.32. The molecule has 0 bridgehead atoms. The van der Waals surface area contributed by atoms with Gasteiger partial charge < -0.3 is 4.74 Å². The van der Waals surface area contributed by atoms with Gasteiger partial charge in [-0.25, -0.2) is 4.98 Å². The predicted octanol–water partition coefficient (Wildman–Crippen LogP) is 5.00. The summed E-state index contributed by atoms with van der Waals surface area (Å²) in [6.45, 7) is 5.10. The van der Waals surface area contributed by atoms with Gasteiger partial charge in [-0.1, -0.05) is 11.6 Å². The number of fused-ring (bicyclic) bond motifs is 1. The van der Waals surface area contributed by atoms with Gasteiger partial charge in [0.25, 0.3) is 0 Å². The number of hydrogen-bond acceptors (Lipinski definition) is 2. The van der Waals surface area contributed by atoms with Crippen molar-refractivity contribution in [2.75, 3.05) is 0 Å². The van der Waals surface area contributed by atoms with Crippen LogP contribution in [-0.4, -0.2) is 11.1 Å². The zero-order valence-corrected chi connectivity index (χ0v) is 11.9. The lowest BCUT2D eigenvalue weighted by Gasteiger charge is -2.15. The molecule has 0 aliphatic rings. The summed E-state index contributed by atoms with van der Waals surface area (Å²) < 4.78 is 44.7. The number of nitrogens with zero attached hydrogens (tertiary/aromatic N) is 1. The maximum atomic E-state index is 13.2. The van der Waals surface area contributed by atoms with Crippen LogP contribution in [0.15, 0.2) is 18.2 Å². The van der Waals surface area contributed by atoms with E-state index in [9.17, 15) is 13.2 Å². The average molecular weight is 304 g/mol. The van der Waals surface area contributed by atoms with Crippen molar-refractivity contribution < 1.29 is 17.9 Å². The summed E-state index contributed by atoms with van der Waals surface area (Å²) in [5.41, 5.74) is -0.0204. The molecule has 0 aliphatic heterocycles. The van der Waals surface area contributed by atoms with E-state index in [0.29, 0.717) is 10.6 Å². The molecule has 0 aliphatic carbocycles. The van der Waals surface area contributed by atoms with E-state index in [0.717, 1.165) is 6.07 Å². The summed E-state index contributed by atoms with van der Waals surface area (Å²) >= 11 is 5.95. The Morgan fingerprint density at radius 2 is 1.85 bits per heavy atom. The van der Waals surface area contributed by atoms with Crippen molar-refractivity contribution >= 4 is 22.5 Å². The minimum atomic E-state index is -4.48. The SMILES string of the molecule is Cc1cc2c(C(F)(F)F)cc(OC(C)C)nc2cc1Cl. The second kappa shape index (κ2) is 5.13. The third-order valence-corrected chi connectivity index (χ3v) is 3.13. The van der Waals surface area contributed by atoms with E-state index in [4.69, 9.17) is 16.3 Å². The number of alkyl halides is 3. The highest BCUT2D eigenvalue weighted by Crippen LogP contribution is 2.37. The van der Waals surface area contributed by atoms with Crippen molar-refractivity contribution in [1.82, 2.24) is 4.98 Å². The highest BCUT2D eigenvalue weighted by atomic mass is 35.5. The molecule has 0 saturated carbocycles. The molecule has 6 heteroatoms. The lowest BCUT2D eigenvalue weighted by molar-refractivity contribution is -0.136. The number of ether oxygens (including phenoxy) is 1. The van der Waals surface area contributed by atoms with Crippen LogP contribution in [0, 0.1) is 6.92 Å². The van der Waals surface area contributed by atoms with Crippen LogP contribution >= 0.6 is 11.6 Å². The van der Waals surface area contributed by atoms with E-state index in [1.54, 1.807) is 20.8 Å². The molecular weight excluding hydrogens is 291 g/mol. The van der Waals surface area contributed by atoms with Gasteiger partial charge in [-0.2, -0.15) is 13.2 Å². The van der Waals surface area contributed by atoms with Crippen LogP contribution in [0.1, 0.15) is 25.0 Å². The van der Waals surface area contributed by atoms with Gasteiger partial charge in [0, 0.05) is 16.5 Å². The van der Waals surface area contributed by atoms with E-state index in [2.05, 4.69) is 4.98 Å². The van der Waals surface area contributed by atoms with Gasteiger partial charge >= 0.3 is 6.18 Å². The Morgan fingerprint density at radius 3 is 2.40 bits per heavy atom. The molecule has 2 nitrogen and oxygen atoms in total. The number of pyridine rings is 1. The maximum Gasteiger partial charge on any atom is 0.417 e. The molecule has 0 unspecified atom stereocenters. The molecule has 1 aromatic heterocycles. The Balaban J connectivity index is 2.75. The van der Waals surface area contributed by atoms with Gasteiger partial charge in [0.2, 0.25) is 5.88 Å². The van der Waals surface area contributed by atoms with Crippen LogP contribution < -0.4 is 4.74 Å². The second-order valence-corrected chi connectivity index (χ2v) is 5.20. The number of rotatable bonds is 2. The van der Waals surface area contributed by atoms with Crippen LogP contribution in [0.25, 0.3) is 10.9 Å². The molecule has 2 aromatic rings. The molecular formula is C14H13ClF3NO. The maximum absolute atomic E-state index is 13.2. The molecule has 0 spiro atoms. The van der Waals surface area contributed by atoms with E-state index in [-0.39, 0.29) is 22.9 Å². The summed E-state index contributed by atoms with van der Waals surface area (Å²) in [7, 11) is 0. The summed E-state index contributed by atoms with van der Waals surface area (Å²) in [5, 5.41) is 0.398.